The highest BCUT2D eigenvalue weighted by Gasteiger charge is 2.34. The fourth-order valence-corrected chi connectivity index (χ4v) is 2.05. The van der Waals surface area contributed by atoms with Crippen LogP contribution >= 0.6 is 27.5 Å². The molecule has 0 N–H and O–H groups in total. The number of halogens is 5. The summed E-state index contributed by atoms with van der Waals surface area (Å²) >= 11 is 8.80. The number of benzene rings is 1. The summed E-state index contributed by atoms with van der Waals surface area (Å²) in [5.41, 5.74) is 0.0867. The molecule has 0 unspecified atom stereocenters. The molecule has 0 fully saturated rings. The van der Waals surface area contributed by atoms with E-state index in [0.29, 0.717) is 11.3 Å². The summed E-state index contributed by atoms with van der Waals surface area (Å²) in [6, 6.07) is 7.20. The van der Waals surface area contributed by atoms with Gasteiger partial charge in [0.2, 0.25) is 0 Å². The van der Waals surface area contributed by atoms with E-state index in [1.807, 2.05) is 0 Å². The van der Waals surface area contributed by atoms with E-state index in [2.05, 4.69) is 20.9 Å². The van der Waals surface area contributed by atoms with E-state index in [-0.39, 0.29) is 18.2 Å². The number of aromatic nitrogens is 1. The lowest BCUT2D eigenvalue weighted by Crippen LogP contribution is -2.09. The molecule has 0 aliphatic carbocycles. The molecule has 0 radical (unpaired) electrons. The molecule has 2 aromatic rings. The maximum absolute atomic E-state index is 13.0. The van der Waals surface area contributed by atoms with Crippen LogP contribution in [0.25, 0.3) is 0 Å². The van der Waals surface area contributed by atoms with Crippen LogP contribution in [0.2, 0.25) is 0 Å². The van der Waals surface area contributed by atoms with Crippen molar-refractivity contribution in [2.24, 2.45) is 0 Å². The highest BCUT2D eigenvalue weighted by molar-refractivity contribution is 9.10. The van der Waals surface area contributed by atoms with Crippen molar-refractivity contribution in [3.8, 4) is 5.75 Å². The number of pyridine rings is 1. The van der Waals surface area contributed by atoms with Crippen molar-refractivity contribution in [3.63, 3.8) is 0 Å². The number of nitrogens with zero attached hydrogens (tertiary/aromatic N) is 1. The Kier molecular flexibility index (Phi) is 5.11. The molecule has 1 aromatic carbocycles. The monoisotopic (exact) mass is 379 g/mol. The Labute approximate surface area is 133 Å². The van der Waals surface area contributed by atoms with Gasteiger partial charge in [0, 0.05) is 16.5 Å². The Morgan fingerprint density at radius 2 is 1.95 bits per heavy atom. The predicted molar refractivity (Wildman–Crippen MR) is 77.3 cm³/mol. The number of hydrogen-bond acceptors (Lipinski definition) is 2. The quantitative estimate of drug-likeness (QED) is 0.682. The van der Waals surface area contributed by atoms with Crippen LogP contribution in [0, 0.1) is 0 Å². The maximum atomic E-state index is 13.0. The summed E-state index contributed by atoms with van der Waals surface area (Å²) in [5.74, 6) is -0.224. The van der Waals surface area contributed by atoms with E-state index >= 15 is 0 Å². The van der Waals surface area contributed by atoms with Crippen molar-refractivity contribution < 1.29 is 17.9 Å². The Bertz CT molecular complexity index is 617. The summed E-state index contributed by atoms with van der Waals surface area (Å²) in [5, 5.41) is 0. The Morgan fingerprint density at radius 1 is 1.19 bits per heavy atom. The molecule has 0 aliphatic heterocycles. The van der Waals surface area contributed by atoms with Gasteiger partial charge >= 0.3 is 6.18 Å². The summed E-state index contributed by atoms with van der Waals surface area (Å²) < 4.78 is 45.0. The van der Waals surface area contributed by atoms with Crippen LogP contribution in [0.15, 0.2) is 41.0 Å². The number of rotatable bonds is 4. The van der Waals surface area contributed by atoms with Crippen LogP contribution in [0.1, 0.15) is 16.8 Å². The normalized spacial score (nSPS) is 11.5. The lowest BCUT2D eigenvalue weighted by atomic mass is 10.1. The molecule has 21 heavy (non-hydrogen) atoms. The van der Waals surface area contributed by atoms with Gasteiger partial charge in [-0.3, -0.25) is 4.98 Å². The summed E-state index contributed by atoms with van der Waals surface area (Å²) in [4.78, 5) is 4.04. The first-order valence-corrected chi connectivity index (χ1v) is 7.22. The predicted octanol–water partition coefficient (Wildman–Crippen LogP) is 5.18. The Hall–Kier alpha value is -1.27. The van der Waals surface area contributed by atoms with Gasteiger partial charge in [0.05, 0.1) is 11.3 Å². The maximum Gasteiger partial charge on any atom is 0.419 e. The van der Waals surface area contributed by atoms with Crippen LogP contribution in [0.4, 0.5) is 13.2 Å². The molecule has 1 aromatic heterocycles. The molecule has 0 atom stereocenters. The van der Waals surface area contributed by atoms with Gasteiger partial charge in [0.15, 0.2) is 0 Å². The second-order valence-corrected chi connectivity index (χ2v) is 5.40. The summed E-state index contributed by atoms with van der Waals surface area (Å²) in [6.07, 6.45) is -2.94. The largest absolute Gasteiger partial charge is 0.487 e. The molecule has 0 bridgehead atoms. The molecule has 0 saturated carbocycles. The Morgan fingerprint density at radius 3 is 2.52 bits per heavy atom. The van der Waals surface area contributed by atoms with E-state index in [1.165, 1.54) is 12.1 Å². The minimum absolute atomic E-state index is 0.0115. The second kappa shape index (κ2) is 6.66. The lowest BCUT2D eigenvalue weighted by molar-refractivity contribution is -0.139. The second-order valence-electron chi connectivity index (χ2n) is 4.22. The standard InChI is InChI=1S/C14H10BrClF3NO/c15-10-2-3-11(20-7-10)8-21-13-4-1-9(6-16)5-12(13)14(17,18)19/h1-5,7H,6,8H2. The molecule has 0 aliphatic rings. The van der Waals surface area contributed by atoms with Crippen molar-refractivity contribution in [1.82, 2.24) is 4.98 Å². The molecule has 0 spiro atoms. The van der Waals surface area contributed by atoms with Gasteiger partial charge in [-0.25, -0.2) is 0 Å². The van der Waals surface area contributed by atoms with Gasteiger partial charge in [-0.1, -0.05) is 6.07 Å². The SMILES string of the molecule is FC(F)(F)c1cc(CCl)ccc1OCc1ccc(Br)cn1. The minimum Gasteiger partial charge on any atom is -0.487 e. The van der Waals surface area contributed by atoms with Crippen LogP contribution in [0.3, 0.4) is 0 Å². The van der Waals surface area contributed by atoms with Crippen molar-refractivity contribution in [1.29, 1.82) is 0 Å². The molecule has 0 saturated heterocycles. The first kappa shape index (κ1) is 16.1. The van der Waals surface area contributed by atoms with Crippen molar-refractivity contribution in [3.05, 3.63) is 57.8 Å². The van der Waals surface area contributed by atoms with Crippen LogP contribution in [-0.4, -0.2) is 4.98 Å². The molecule has 2 nitrogen and oxygen atoms in total. The average Bonchev–Trinajstić information content (AvgIpc) is 2.45. The van der Waals surface area contributed by atoms with Crippen LogP contribution in [-0.2, 0) is 18.7 Å². The van der Waals surface area contributed by atoms with E-state index in [1.54, 1.807) is 18.3 Å². The van der Waals surface area contributed by atoms with Crippen molar-refractivity contribution in [2.45, 2.75) is 18.7 Å². The van der Waals surface area contributed by atoms with Crippen LogP contribution in [0.5, 0.6) is 5.75 Å². The zero-order chi connectivity index (χ0) is 15.5. The molecule has 7 heteroatoms. The first-order valence-electron chi connectivity index (χ1n) is 5.89. The van der Waals surface area contributed by atoms with Gasteiger partial charge in [0.1, 0.15) is 12.4 Å². The fourth-order valence-electron chi connectivity index (χ4n) is 1.65. The van der Waals surface area contributed by atoms with Crippen LogP contribution < -0.4 is 4.74 Å². The molecular weight excluding hydrogens is 371 g/mol. The molecule has 0 amide bonds. The zero-order valence-electron chi connectivity index (χ0n) is 10.6. The van der Waals surface area contributed by atoms with Gasteiger partial charge in [-0.15, -0.1) is 11.6 Å². The van der Waals surface area contributed by atoms with Crippen molar-refractivity contribution in [2.75, 3.05) is 0 Å². The van der Waals surface area contributed by atoms with Gasteiger partial charge in [-0.2, -0.15) is 13.2 Å². The third kappa shape index (κ3) is 4.35. The third-order valence-corrected chi connectivity index (χ3v) is 3.45. The number of ether oxygens (including phenoxy) is 1. The molecule has 1 heterocycles. The molecule has 2 rings (SSSR count). The lowest BCUT2D eigenvalue weighted by Gasteiger charge is -2.14. The molecular formula is C14H10BrClF3NO. The van der Waals surface area contributed by atoms with Gasteiger partial charge in [0.25, 0.3) is 0 Å². The topological polar surface area (TPSA) is 22.1 Å². The van der Waals surface area contributed by atoms with E-state index < -0.39 is 11.7 Å². The van der Waals surface area contributed by atoms with Crippen molar-refractivity contribution >= 4 is 27.5 Å². The summed E-state index contributed by atoms with van der Waals surface area (Å²) in [6.45, 7) is -0.0451. The number of alkyl halides is 4. The third-order valence-electron chi connectivity index (χ3n) is 2.67. The average molecular weight is 381 g/mol. The fraction of sp³-hybridized carbons (Fsp3) is 0.214. The van der Waals surface area contributed by atoms with Gasteiger partial charge < -0.3 is 4.74 Å². The zero-order valence-corrected chi connectivity index (χ0v) is 13.0. The highest BCUT2D eigenvalue weighted by Crippen LogP contribution is 2.37. The summed E-state index contributed by atoms with van der Waals surface area (Å²) in [7, 11) is 0. The van der Waals surface area contributed by atoms with E-state index in [4.69, 9.17) is 16.3 Å². The Balaban J connectivity index is 2.21. The van der Waals surface area contributed by atoms with E-state index in [9.17, 15) is 13.2 Å². The van der Waals surface area contributed by atoms with Gasteiger partial charge in [-0.05, 0) is 45.8 Å². The molecule has 112 valence electrons. The number of hydrogen-bond donors (Lipinski definition) is 0. The minimum atomic E-state index is -4.50. The highest BCUT2D eigenvalue weighted by atomic mass is 79.9. The first-order chi connectivity index (χ1) is 9.90. The smallest absolute Gasteiger partial charge is 0.419 e. The van der Waals surface area contributed by atoms with E-state index in [0.717, 1.165) is 10.5 Å².